The number of aryl methyl sites for hydroxylation is 1. The molecular weight excluding hydrogens is 262 g/mol. The highest BCUT2D eigenvalue weighted by Crippen LogP contribution is 2.42. The van der Waals surface area contributed by atoms with Gasteiger partial charge in [-0.1, -0.05) is 20.8 Å². The first kappa shape index (κ1) is 16.5. The van der Waals surface area contributed by atoms with Crippen LogP contribution in [0.25, 0.3) is 0 Å². The molecule has 1 aromatic rings. The van der Waals surface area contributed by atoms with Gasteiger partial charge in [-0.25, -0.2) is 0 Å². The van der Waals surface area contributed by atoms with Crippen molar-refractivity contribution in [3.63, 3.8) is 0 Å². The van der Waals surface area contributed by atoms with Crippen molar-refractivity contribution in [3.8, 4) is 0 Å². The van der Waals surface area contributed by atoms with Gasteiger partial charge in [-0.15, -0.1) is 0 Å². The molecule has 0 atom stereocenters. The molecule has 21 heavy (non-hydrogen) atoms. The fraction of sp³-hybridized carbons (Fsp3) is 0.824. The van der Waals surface area contributed by atoms with Gasteiger partial charge < -0.3 is 10.5 Å². The molecule has 0 saturated heterocycles. The van der Waals surface area contributed by atoms with Crippen LogP contribution in [0, 0.1) is 11.3 Å². The molecule has 1 fully saturated rings. The number of rotatable bonds is 5. The number of nitrogens with zero attached hydrogens (tertiary/aromatic N) is 2. The molecule has 4 nitrogen and oxygen atoms in total. The van der Waals surface area contributed by atoms with E-state index in [9.17, 15) is 0 Å². The normalized spacial score (nSPS) is 27.0. The average molecular weight is 293 g/mol. The van der Waals surface area contributed by atoms with Crippen molar-refractivity contribution >= 4 is 0 Å². The van der Waals surface area contributed by atoms with Gasteiger partial charge in [0.15, 0.2) is 0 Å². The number of hydrogen-bond donors (Lipinski definition) is 1. The molecule has 0 amide bonds. The fourth-order valence-corrected chi connectivity index (χ4v) is 3.40. The standard InChI is InChI=1S/C17H31N3O/c1-16(2,3)15-5-8-17(13-18,9-6-15)21-10-7-14-11-19-20(4)12-14/h11-12,15H,5-10,13,18H2,1-4H3. The summed E-state index contributed by atoms with van der Waals surface area (Å²) in [7, 11) is 1.94. The molecule has 0 aromatic carbocycles. The van der Waals surface area contributed by atoms with Crippen molar-refractivity contribution in [2.75, 3.05) is 13.2 Å². The maximum Gasteiger partial charge on any atom is 0.0804 e. The fourth-order valence-electron chi connectivity index (χ4n) is 3.40. The predicted octanol–water partition coefficient (Wildman–Crippen LogP) is 2.91. The maximum absolute atomic E-state index is 6.23. The minimum absolute atomic E-state index is 0.0933. The Morgan fingerprint density at radius 1 is 1.38 bits per heavy atom. The van der Waals surface area contributed by atoms with Crippen molar-refractivity contribution in [2.24, 2.45) is 24.1 Å². The lowest BCUT2D eigenvalue weighted by atomic mass is 9.68. The Balaban J connectivity index is 1.83. The van der Waals surface area contributed by atoms with Crippen molar-refractivity contribution in [1.82, 2.24) is 9.78 Å². The third-order valence-electron chi connectivity index (χ3n) is 5.05. The van der Waals surface area contributed by atoms with Gasteiger partial charge in [0.2, 0.25) is 0 Å². The number of nitrogens with two attached hydrogens (primary N) is 1. The van der Waals surface area contributed by atoms with E-state index in [0.717, 1.165) is 31.8 Å². The molecule has 0 bridgehead atoms. The first-order chi connectivity index (χ1) is 9.85. The minimum Gasteiger partial charge on any atom is -0.373 e. The van der Waals surface area contributed by atoms with E-state index >= 15 is 0 Å². The van der Waals surface area contributed by atoms with Gasteiger partial charge in [-0.05, 0) is 49.0 Å². The Hall–Kier alpha value is -0.870. The Labute approximate surface area is 129 Å². The zero-order valence-electron chi connectivity index (χ0n) is 14.1. The Bertz CT molecular complexity index is 439. The molecule has 120 valence electrons. The van der Waals surface area contributed by atoms with Crippen LogP contribution in [0.1, 0.15) is 52.0 Å². The molecule has 2 rings (SSSR count). The second kappa shape index (κ2) is 6.49. The summed E-state index contributed by atoms with van der Waals surface area (Å²) in [4.78, 5) is 0. The monoisotopic (exact) mass is 293 g/mol. The van der Waals surface area contributed by atoms with E-state index in [1.165, 1.54) is 18.4 Å². The van der Waals surface area contributed by atoms with E-state index in [-0.39, 0.29) is 5.60 Å². The van der Waals surface area contributed by atoms with Gasteiger partial charge in [0.05, 0.1) is 18.4 Å². The van der Waals surface area contributed by atoms with Crippen LogP contribution in [0.4, 0.5) is 0 Å². The molecule has 1 aliphatic carbocycles. The summed E-state index contributed by atoms with van der Waals surface area (Å²) < 4.78 is 8.07. The summed E-state index contributed by atoms with van der Waals surface area (Å²) in [6.07, 6.45) is 9.53. The maximum atomic E-state index is 6.23. The molecule has 1 aliphatic rings. The molecular formula is C17H31N3O. The molecule has 0 radical (unpaired) electrons. The Morgan fingerprint density at radius 3 is 2.52 bits per heavy atom. The van der Waals surface area contributed by atoms with E-state index in [1.54, 1.807) is 0 Å². The van der Waals surface area contributed by atoms with E-state index in [4.69, 9.17) is 10.5 Å². The van der Waals surface area contributed by atoms with Crippen molar-refractivity contribution in [2.45, 2.75) is 58.5 Å². The van der Waals surface area contributed by atoms with Crippen molar-refractivity contribution in [3.05, 3.63) is 18.0 Å². The van der Waals surface area contributed by atoms with Crippen LogP contribution in [0.15, 0.2) is 12.4 Å². The first-order valence-electron chi connectivity index (χ1n) is 8.16. The van der Waals surface area contributed by atoms with Gasteiger partial charge >= 0.3 is 0 Å². The van der Waals surface area contributed by atoms with Gasteiger partial charge in [-0.2, -0.15) is 5.10 Å². The van der Waals surface area contributed by atoms with Crippen LogP contribution in [0.5, 0.6) is 0 Å². The summed E-state index contributed by atoms with van der Waals surface area (Å²) in [5.74, 6) is 0.791. The summed E-state index contributed by atoms with van der Waals surface area (Å²) in [6.45, 7) is 8.41. The van der Waals surface area contributed by atoms with E-state index in [2.05, 4.69) is 32.1 Å². The number of hydrogen-bond acceptors (Lipinski definition) is 3. The Morgan fingerprint density at radius 2 is 2.05 bits per heavy atom. The minimum atomic E-state index is -0.0933. The molecule has 0 aliphatic heterocycles. The van der Waals surface area contributed by atoms with Crippen LogP contribution in [0.2, 0.25) is 0 Å². The largest absolute Gasteiger partial charge is 0.373 e. The lowest BCUT2D eigenvalue weighted by Crippen LogP contribution is -2.45. The lowest BCUT2D eigenvalue weighted by Gasteiger charge is -2.43. The number of aromatic nitrogens is 2. The molecule has 1 saturated carbocycles. The second-order valence-electron chi connectivity index (χ2n) is 7.65. The molecule has 2 N–H and O–H groups in total. The third-order valence-corrected chi connectivity index (χ3v) is 5.05. The molecule has 0 unspecified atom stereocenters. The summed E-state index contributed by atoms with van der Waals surface area (Å²) in [5.41, 5.74) is 7.57. The van der Waals surface area contributed by atoms with Crippen molar-refractivity contribution < 1.29 is 4.74 Å². The first-order valence-corrected chi connectivity index (χ1v) is 8.16. The quantitative estimate of drug-likeness (QED) is 0.908. The third kappa shape index (κ3) is 4.30. The highest BCUT2D eigenvalue weighted by Gasteiger charge is 2.38. The van der Waals surface area contributed by atoms with Gasteiger partial charge in [0, 0.05) is 19.8 Å². The second-order valence-corrected chi connectivity index (χ2v) is 7.65. The molecule has 0 spiro atoms. The van der Waals surface area contributed by atoms with Crippen LogP contribution in [-0.2, 0) is 18.2 Å². The van der Waals surface area contributed by atoms with Crippen molar-refractivity contribution in [1.29, 1.82) is 0 Å². The summed E-state index contributed by atoms with van der Waals surface area (Å²) in [5, 5.41) is 4.19. The zero-order valence-corrected chi connectivity index (χ0v) is 14.1. The van der Waals surface area contributed by atoms with Crippen LogP contribution in [0.3, 0.4) is 0 Å². The Kier molecular flexibility index (Phi) is 5.10. The van der Waals surface area contributed by atoms with Gasteiger partial charge in [-0.3, -0.25) is 4.68 Å². The van der Waals surface area contributed by atoms with E-state index in [0.29, 0.717) is 12.0 Å². The molecule has 1 heterocycles. The lowest BCUT2D eigenvalue weighted by molar-refractivity contribution is -0.0785. The molecule has 1 aromatic heterocycles. The van der Waals surface area contributed by atoms with Gasteiger partial charge in [0.25, 0.3) is 0 Å². The summed E-state index contributed by atoms with van der Waals surface area (Å²) >= 11 is 0. The topological polar surface area (TPSA) is 53.1 Å². The van der Waals surface area contributed by atoms with Gasteiger partial charge in [0.1, 0.15) is 0 Å². The van der Waals surface area contributed by atoms with E-state index < -0.39 is 0 Å². The smallest absolute Gasteiger partial charge is 0.0804 e. The predicted molar refractivity (Wildman–Crippen MR) is 86.1 cm³/mol. The highest BCUT2D eigenvalue weighted by atomic mass is 16.5. The molecule has 4 heteroatoms. The zero-order chi connectivity index (χ0) is 15.5. The average Bonchev–Trinajstić information content (AvgIpc) is 2.84. The number of ether oxygens (including phenoxy) is 1. The SMILES string of the molecule is Cn1cc(CCOC2(CN)CCC(C(C)(C)C)CC2)cn1. The summed E-state index contributed by atoms with van der Waals surface area (Å²) in [6, 6.07) is 0. The van der Waals surface area contributed by atoms with E-state index in [1.807, 2.05) is 17.9 Å². The van der Waals surface area contributed by atoms with Crippen LogP contribution in [-0.4, -0.2) is 28.5 Å². The highest BCUT2D eigenvalue weighted by molar-refractivity contribution is 5.03. The van der Waals surface area contributed by atoms with Crippen LogP contribution < -0.4 is 5.73 Å². The van der Waals surface area contributed by atoms with Crippen LogP contribution >= 0.6 is 0 Å².